The minimum Gasteiger partial charge on any atom is -0.497 e. The van der Waals surface area contributed by atoms with Gasteiger partial charge in [-0.05, 0) is 42.0 Å². The predicted octanol–water partition coefficient (Wildman–Crippen LogP) is 3.91. The number of anilines is 1. The molecule has 1 aliphatic rings. The normalized spacial score (nSPS) is 15.0. The molecule has 0 saturated carbocycles. The second-order valence-electron chi connectivity index (χ2n) is 7.47. The number of amides is 1. The van der Waals surface area contributed by atoms with Gasteiger partial charge < -0.3 is 10.1 Å². The van der Waals surface area contributed by atoms with Crippen molar-refractivity contribution in [3.8, 4) is 5.75 Å². The number of piperazine rings is 1. The molecule has 32 heavy (non-hydrogen) atoms. The molecule has 0 spiro atoms. The van der Waals surface area contributed by atoms with Crippen LogP contribution in [-0.4, -0.2) is 59.2 Å². The average Bonchev–Trinajstić information content (AvgIpc) is 3.26. The fraction of sp³-hybridized carbons (Fsp3) is 0.318. The van der Waals surface area contributed by atoms with Crippen LogP contribution in [0.15, 0.2) is 42.5 Å². The van der Waals surface area contributed by atoms with E-state index < -0.39 is 0 Å². The zero-order chi connectivity index (χ0) is 22.5. The topological polar surface area (TPSA) is 70.6 Å². The molecule has 10 heteroatoms. The second kappa shape index (κ2) is 10.4. The van der Waals surface area contributed by atoms with Crippen molar-refractivity contribution < 1.29 is 13.9 Å². The Hall–Kier alpha value is -2.59. The number of halogens is 2. The van der Waals surface area contributed by atoms with Crippen molar-refractivity contribution in [2.45, 2.75) is 13.1 Å². The number of hydrogen-bond acceptors (Lipinski definition) is 7. The Morgan fingerprint density at radius 2 is 1.78 bits per heavy atom. The highest BCUT2D eigenvalue weighted by atomic mass is 35.5. The number of aromatic nitrogens is 2. The molecular formula is C22H23ClFN5O2S. The van der Waals surface area contributed by atoms with Crippen LogP contribution >= 0.6 is 22.9 Å². The van der Waals surface area contributed by atoms with E-state index in [2.05, 4.69) is 25.3 Å². The van der Waals surface area contributed by atoms with Gasteiger partial charge in [-0.25, -0.2) is 4.39 Å². The predicted molar refractivity (Wildman–Crippen MR) is 123 cm³/mol. The number of nitrogens with one attached hydrogen (secondary N) is 1. The van der Waals surface area contributed by atoms with Crippen LogP contribution in [0.25, 0.3) is 0 Å². The van der Waals surface area contributed by atoms with Gasteiger partial charge in [0.15, 0.2) is 0 Å². The monoisotopic (exact) mass is 475 g/mol. The van der Waals surface area contributed by atoms with Gasteiger partial charge in [-0.1, -0.05) is 29.0 Å². The first kappa shape index (κ1) is 22.6. The van der Waals surface area contributed by atoms with Crippen molar-refractivity contribution in [1.82, 2.24) is 20.0 Å². The molecule has 1 amide bonds. The number of carbonyl (C=O) groups excluding carboxylic acids is 1. The van der Waals surface area contributed by atoms with Crippen LogP contribution in [0.1, 0.15) is 20.4 Å². The van der Waals surface area contributed by atoms with Crippen molar-refractivity contribution in [2.75, 3.05) is 38.6 Å². The summed E-state index contributed by atoms with van der Waals surface area (Å²) in [5.74, 6) is 0.125. The molecule has 3 aromatic rings. The lowest BCUT2D eigenvalue weighted by Crippen LogP contribution is -2.45. The van der Waals surface area contributed by atoms with Crippen molar-refractivity contribution in [3.63, 3.8) is 0 Å². The Labute approximate surface area is 194 Å². The van der Waals surface area contributed by atoms with Crippen LogP contribution in [0.2, 0.25) is 5.02 Å². The maximum absolute atomic E-state index is 13.2. The molecule has 0 unspecified atom stereocenters. The third kappa shape index (κ3) is 5.80. The van der Waals surface area contributed by atoms with Crippen molar-refractivity contribution >= 4 is 34.5 Å². The zero-order valence-corrected chi connectivity index (χ0v) is 19.1. The van der Waals surface area contributed by atoms with Crippen LogP contribution in [0.4, 0.5) is 10.1 Å². The summed E-state index contributed by atoms with van der Waals surface area (Å²) in [5.41, 5.74) is 1.60. The van der Waals surface area contributed by atoms with E-state index in [0.717, 1.165) is 42.5 Å². The lowest BCUT2D eigenvalue weighted by Gasteiger charge is -2.34. The van der Waals surface area contributed by atoms with Crippen LogP contribution < -0.4 is 10.1 Å². The number of ether oxygens (including phenoxy) is 1. The molecule has 0 atom stereocenters. The number of benzene rings is 2. The maximum Gasteiger partial charge on any atom is 0.286 e. The average molecular weight is 476 g/mol. The molecule has 1 aliphatic heterocycles. The third-order valence-corrected chi connectivity index (χ3v) is 6.50. The Kier molecular flexibility index (Phi) is 7.31. The van der Waals surface area contributed by atoms with Crippen LogP contribution in [0.5, 0.6) is 5.75 Å². The summed E-state index contributed by atoms with van der Waals surface area (Å²) in [6.07, 6.45) is 0. The van der Waals surface area contributed by atoms with Gasteiger partial charge in [0.05, 0.1) is 13.7 Å². The molecule has 2 heterocycles. The van der Waals surface area contributed by atoms with Crippen molar-refractivity contribution in [2.24, 2.45) is 0 Å². The summed E-state index contributed by atoms with van der Waals surface area (Å²) in [6, 6.07) is 11.6. The van der Waals surface area contributed by atoms with E-state index in [1.165, 1.54) is 23.5 Å². The van der Waals surface area contributed by atoms with Gasteiger partial charge in [0.1, 0.15) is 16.6 Å². The maximum atomic E-state index is 13.2. The van der Waals surface area contributed by atoms with Crippen molar-refractivity contribution in [1.29, 1.82) is 0 Å². The minimum atomic E-state index is -0.322. The fourth-order valence-corrected chi connectivity index (χ4v) is 4.46. The van der Waals surface area contributed by atoms with Gasteiger partial charge in [0, 0.05) is 43.4 Å². The molecule has 0 bridgehead atoms. The second-order valence-corrected chi connectivity index (χ2v) is 8.94. The SMILES string of the molecule is COc1ccc(NC(=O)c2nnc(CN3CCN(Cc4ccc(F)cc4Cl)CC3)s2)cc1. The van der Waals surface area contributed by atoms with Crippen LogP contribution in [0, 0.1) is 5.82 Å². The van der Waals surface area contributed by atoms with E-state index in [0.29, 0.717) is 28.8 Å². The highest BCUT2D eigenvalue weighted by Gasteiger charge is 2.20. The Morgan fingerprint density at radius 3 is 2.44 bits per heavy atom. The zero-order valence-electron chi connectivity index (χ0n) is 17.6. The smallest absolute Gasteiger partial charge is 0.286 e. The molecular weight excluding hydrogens is 453 g/mol. The summed E-state index contributed by atoms with van der Waals surface area (Å²) in [5, 5.41) is 12.7. The summed E-state index contributed by atoms with van der Waals surface area (Å²) < 4.78 is 18.3. The van der Waals surface area contributed by atoms with Crippen LogP contribution in [0.3, 0.4) is 0 Å². The molecule has 0 aliphatic carbocycles. The lowest BCUT2D eigenvalue weighted by atomic mass is 10.2. The number of nitrogens with zero attached hydrogens (tertiary/aromatic N) is 4. The van der Waals surface area contributed by atoms with E-state index in [9.17, 15) is 9.18 Å². The number of methoxy groups -OCH3 is 1. The highest BCUT2D eigenvalue weighted by molar-refractivity contribution is 7.13. The van der Waals surface area contributed by atoms with Gasteiger partial charge >= 0.3 is 0 Å². The van der Waals surface area contributed by atoms with E-state index in [-0.39, 0.29) is 11.7 Å². The van der Waals surface area contributed by atoms with Gasteiger partial charge in [0.25, 0.3) is 5.91 Å². The molecule has 1 saturated heterocycles. The Bertz CT molecular complexity index is 1070. The molecule has 1 aromatic heterocycles. The van der Waals surface area contributed by atoms with Gasteiger partial charge in [-0.2, -0.15) is 0 Å². The Morgan fingerprint density at radius 1 is 1.09 bits per heavy atom. The van der Waals surface area contributed by atoms with E-state index in [1.54, 1.807) is 37.4 Å². The van der Waals surface area contributed by atoms with Gasteiger partial charge in [-0.15, -0.1) is 10.2 Å². The van der Waals surface area contributed by atoms with Gasteiger partial charge in [-0.3, -0.25) is 14.6 Å². The minimum absolute atomic E-state index is 0.278. The van der Waals surface area contributed by atoms with E-state index in [1.807, 2.05) is 0 Å². The molecule has 7 nitrogen and oxygen atoms in total. The first-order valence-electron chi connectivity index (χ1n) is 10.2. The summed E-state index contributed by atoms with van der Waals surface area (Å²) >= 11 is 7.45. The highest BCUT2D eigenvalue weighted by Crippen LogP contribution is 2.21. The molecule has 1 N–H and O–H groups in total. The summed E-state index contributed by atoms with van der Waals surface area (Å²) in [6.45, 7) is 4.83. The molecule has 1 fully saturated rings. The molecule has 2 aromatic carbocycles. The molecule has 4 rings (SSSR count). The largest absolute Gasteiger partial charge is 0.497 e. The standard InChI is InChI=1S/C22H23ClFN5O2S/c1-31-18-6-4-17(5-7-18)25-21(30)22-27-26-20(32-22)14-29-10-8-28(9-11-29)13-15-2-3-16(24)12-19(15)23/h2-7,12H,8-11,13-14H2,1H3,(H,25,30). The lowest BCUT2D eigenvalue weighted by molar-refractivity contribution is 0.102. The molecule has 0 radical (unpaired) electrons. The Balaban J connectivity index is 1.26. The quantitative estimate of drug-likeness (QED) is 0.558. The van der Waals surface area contributed by atoms with E-state index >= 15 is 0 Å². The first-order valence-corrected chi connectivity index (χ1v) is 11.4. The van der Waals surface area contributed by atoms with Crippen LogP contribution in [-0.2, 0) is 13.1 Å². The first-order chi connectivity index (χ1) is 15.5. The van der Waals surface area contributed by atoms with Crippen molar-refractivity contribution in [3.05, 3.63) is 68.9 Å². The third-order valence-electron chi connectivity index (χ3n) is 5.24. The van der Waals surface area contributed by atoms with E-state index in [4.69, 9.17) is 16.3 Å². The number of carbonyl (C=O) groups is 1. The van der Waals surface area contributed by atoms with Gasteiger partial charge in [0.2, 0.25) is 5.01 Å². The molecule has 168 valence electrons. The number of rotatable bonds is 7. The fourth-order valence-electron chi connectivity index (χ4n) is 3.46. The number of hydrogen-bond donors (Lipinski definition) is 1. The summed E-state index contributed by atoms with van der Waals surface area (Å²) in [7, 11) is 1.59. The summed E-state index contributed by atoms with van der Waals surface area (Å²) in [4.78, 5) is 17.0.